The zero-order valence-electron chi connectivity index (χ0n) is 42.3. The van der Waals surface area contributed by atoms with Gasteiger partial charge in [-0.05, 0) is 212 Å². The summed E-state index contributed by atoms with van der Waals surface area (Å²) in [5.74, 6) is 0. The van der Waals surface area contributed by atoms with Gasteiger partial charge in [-0.1, -0.05) is 222 Å². The average molecular weight is 941 g/mol. The molecule has 0 saturated heterocycles. The Morgan fingerprint density at radius 3 is 0.959 bits per heavy atom. The van der Waals surface area contributed by atoms with Gasteiger partial charge >= 0.3 is 0 Å². The van der Waals surface area contributed by atoms with Crippen LogP contribution >= 0.6 is 0 Å². The maximum atomic E-state index is 2.50. The lowest BCUT2D eigenvalue weighted by Crippen LogP contribution is -1.99. The van der Waals surface area contributed by atoms with Gasteiger partial charge in [0.05, 0.1) is 0 Å². The molecule has 0 heterocycles. The Hall–Kier alpha value is -8.58. The molecule has 0 nitrogen and oxygen atoms in total. The van der Waals surface area contributed by atoms with Crippen molar-refractivity contribution in [3.8, 4) is 66.8 Å². The first-order chi connectivity index (χ1) is 36.6. The number of fused-ring (bicyclic) bond motifs is 11. The van der Waals surface area contributed by atoms with Gasteiger partial charge < -0.3 is 0 Å². The highest BCUT2D eigenvalue weighted by atomic mass is 14.4. The Morgan fingerprint density at radius 1 is 0.216 bits per heavy atom. The highest BCUT2D eigenvalue weighted by Gasteiger charge is 2.36. The Balaban J connectivity index is 1.06. The predicted octanol–water partition coefficient (Wildman–Crippen LogP) is 20.9. The van der Waals surface area contributed by atoms with Crippen molar-refractivity contribution in [3.05, 3.63) is 216 Å². The van der Waals surface area contributed by atoms with Gasteiger partial charge in [0.1, 0.15) is 0 Å². The average Bonchev–Trinajstić information content (AvgIpc) is 4.18. The van der Waals surface area contributed by atoms with Crippen LogP contribution in [0.3, 0.4) is 0 Å². The first-order valence-corrected chi connectivity index (χ1v) is 27.1. The molecule has 15 aromatic rings. The third-order valence-electron chi connectivity index (χ3n) is 17.8. The molecular formula is C74H52. The lowest BCUT2D eigenvalue weighted by Gasteiger charge is -2.26. The van der Waals surface area contributed by atoms with Crippen molar-refractivity contribution in [1.82, 2.24) is 0 Å². The van der Waals surface area contributed by atoms with E-state index in [-0.39, 0.29) is 0 Å². The summed E-state index contributed by atoms with van der Waals surface area (Å²) in [7, 11) is 0. The summed E-state index contributed by atoms with van der Waals surface area (Å²) in [6.45, 7) is 9.26. The fourth-order valence-electron chi connectivity index (χ4n) is 14.7. The van der Waals surface area contributed by atoms with E-state index in [4.69, 9.17) is 0 Å². The van der Waals surface area contributed by atoms with Gasteiger partial charge in [0.25, 0.3) is 0 Å². The zero-order chi connectivity index (χ0) is 49.1. The number of hydrogen-bond acceptors (Lipinski definition) is 0. The molecule has 0 saturated carbocycles. The smallest absolute Gasteiger partial charge is 0.000718 e. The Labute approximate surface area is 431 Å². The largest absolute Gasteiger partial charge is 0.0622 e. The molecule has 0 spiro atoms. The van der Waals surface area contributed by atoms with Crippen LogP contribution in [0.25, 0.3) is 164 Å². The Kier molecular flexibility index (Phi) is 8.78. The summed E-state index contributed by atoms with van der Waals surface area (Å²) in [6.07, 6.45) is 3.95. The fraction of sp³-hybridized carbons (Fsp3) is 0.108. The van der Waals surface area contributed by atoms with Gasteiger partial charge in [-0.3, -0.25) is 0 Å². The number of benzene rings is 13. The molecule has 0 fully saturated rings. The second-order valence-corrected chi connectivity index (χ2v) is 21.1. The van der Waals surface area contributed by atoms with Crippen LogP contribution in [0.15, 0.2) is 194 Å². The maximum absolute atomic E-state index is 2.50. The lowest BCUT2D eigenvalue weighted by molar-refractivity contribution is 1.14. The molecular weight excluding hydrogens is 889 g/mol. The molecule has 348 valence electrons. The van der Waals surface area contributed by atoms with Gasteiger partial charge in [-0.25, -0.2) is 0 Å². The second-order valence-electron chi connectivity index (χ2n) is 21.1. The number of rotatable bonds is 8. The molecule has 0 atom stereocenters. The summed E-state index contributed by atoms with van der Waals surface area (Å²) < 4.78 is 0. The molecule has 0 N–H and O–H groups in total. The minimum Gasteiger partial charge on any atom is -0.0622 e. The second kappa shape index (κ2) is 15.5. The van der Waals surface area contributed by atoms with Crippen LogP contribution in [0.2, 0.25) is 0 Å². The van der Waals surface area contributed by atoms with Crippen LogP contribution < -0.4 is 0 Å². The molecule has 1 aliphatic carbocycles. The molecule has 0 unspecified atom stereocenters. The van der Waals surface area contributed by atoms with Crippen molar-refractivity contribution in [2.75, 3.05) is 0 Å². The van der Waals surface area contributed by atoms with Crippen molar-refractivity contribution in [2.24, 2.45) is 0 Å². The topological polar surface area (TPSA) is 0 Å². The van der Waals surface area contributed by atoms with Gasteiger partial charge in [-0.15, -0.1) is 0 Å². The van der Waals surface area contributed by atoms with Crippen molar-refractivity contribution in [2.45, 2.75) is 53.4 Å². The summed E-state index contributed by atoms with van der Waals surface area (Å²) >= 11 is 0. The maximum Gasteiger partial charge on any atom is -0.000718 e. The minimum atomic E-state index is 0.977. The molecule has 16 rings (SSSR count). The third-order valence-corrected chi connectivity index (χ3v) is 17.8. The third kappa shape index (κ3) is 5.32. The predicted molar refractivity (Wildman–Crippen MR) is 321 cm³/mol. The van der Waals surface area contributed by atoms with Gasteiger partial charge in [0.15, 0.2) is 0 Å². The molecule has 1 aliphatic rings. The summed E-state index contributed by atoms with van der Waals surface area (Å²) in [4.78, 5) is 0. The van der Waals surface area contributed by atoms with Gasteiger partial charge in [0.2, 0.25) is 0 Å². The molecule has 74 heavy (non-hydrogen) atoms. The van der Waals surface area contributed by atoms with E-state index in [1.165, 1.54) is 186 Å². The number of aryl methyl sites for hydroxylation is 4. The highest BCUT2D eigenvalue weighted by Crippen LogP contribution is 2.63. The first kappa shape index (κ1) is 42.0. The molecule has 0 heteroatoms. The van der Waals surface area contributed by atoms with E-state index >= 15 is 0 Å². The van der Waals surface area contributed by atoms with E-state index in [1.54, 1.807) is 0 Å². The van der Waals surface area contributed by atoms with Crippen LogP contribution in [0.1, 0.15) is 49.9 Å². The van der Waals surface area contributed by atoms with E-state index in [9.17, 15) is 0 Å². The van der Waals surface area contributed by atoms with E-state index in [1.807, 2.05) is 0 Å². The van der Waals surface area contributed by atoms with E-state index < -0.39 is 0 Å². The number of hydrogen-bond donors (Lipinski definition) is 0. The molecule has 15 aromatic carbocycles. The zero-order valence-corrected chi connectivity index (χ0v) is 42.3. The molecule has 0 radical (unpaired) electrons. The van der Waals surface area contributed by atoms with Crippen LogP contribution in [0, 0.1) is 0 Å². The minimum absolute atomic E-state index is 0.977. The van der Waals surface area contributed by atoms with Crippen molar-refractivity contribution in [3.63, 3.8) is 0 Å². The SMILES string of the molecule is CCc1ccc(-c2c(-c3ccccc3)c(-c3ccccc3)c(-c3ccc(CC)cc3)c3c2-c2ccc4c5ccc6c7c(CC)c8c9cccc%10cccc(c8c(CC)c7c7ccc(c8ccc-3c2c48)c5c67)c%109)cc1. The van der Waals surface area contributed by atoms with Crippen LogP contribution in [0.4, 0.5) is 0 Å². The first-order valence-electron chi connectivity index (χ1n) is 27.1. The van der Waals surface area contributed by atoms with Crippen LogP contribution in [-0.4, -0.2) is 0 Å². The van der Waals surface area contributed by atoms with Crippen molar-refractivity contribution < 1.29 is 0 Å². The van der Waals surface area contributed by atoms with Gasteiger partial charge in [0, 0.05) is 0 Å². The molecule has 0 bridgehead atoms. The fourth-order valence-corrected chi connectivity index (χ4v) is 14.7. The van der Waals surface area contributed by atoms with Gasteiger partial charge in [-0.2, -0.15) is 0 Å². The van der Waals surface area contributed by atoms with E-state index in [2.05, 4.69) is 222 Å². The van der Waals surface area contributed by atoms with E-state index in [0.29, 0.717) is 0 Å². The monoisotopic (exact) mass is 940 g/mol. The van der Waals surface area contributed by atoms with Crippen molar-refractivity contribution in [1.29, 1.82) is 0 Å². The van der Waals surface area contributed by atoms with Crippen LogP contribution in [-0.2, 0) is 25.7 Å². The van der Waals surface area contributed by atoms with E-state index in [0.717, 1.165) is 25.7 Å². The quantitative estimate of drug-likeness (QED) is 0.105. The summed E-state index contributed by atoms with van der Waals surface area (Å²) in [5.41, 5.74) is 21.1. The Morgan fingerprint density at radius 2 is 0.554 bits per heavy atom. The Bertz CT molecular complexity index is 4510. The standard InChI is InChI=1S/C74H52/c1-5-41-25-29-46(30-26-41)63-61(44-17-11-9-12-18-44)62(45-19-13-10-14-20-45)64(47-31-27-42(6-2)28-32-47)74-59-40-36-53-51-34-38-57-68-49(8-4)66-55-24-16-22-43-21-15-23-54(60(43)55)65(66)48(7-3)67(68)56-37-33-50(69(51)71(56)57)52-35-39-58(73(63)74)72(59)70(52)53/h9-40H,5-8H2,1-4H3. The molecule has 0 aliphatic heterocycles. The normalized spacial score (nSPS) is 12.5. The van der Waals surface area contributed by atoms with Crippen molar-refractivity contribution >= 4 is 97.0 Å². The summed E-state index contributed by atoms with van der Waals surface area (Å²) in [6, 6.07) is 75.2. The highest BCUT2D eigenvalue weighted by molar-refractivity contribution is 6.46. The summed E-state index contributed by atoms with van der Waals surface area (Å²) in [5, 5.41) is 25.2. The lowest BCUT2D eigenvalue weighted by atomic mass is 9.76. The molecule has 0 aromatic heterocycles. The van der Waals surface area contributed by atoms with Crippen LogP contribution in [0.5, 0.6) is 0 Å². The molecule has 0 amide bonds.